The lowest BCUT2D eigenvalue weighted by Crippen LogP contribution is -2.54. The van der Waals surface area contributed by atoms with E-state index in [9.17, 15) is 9.70 Å². The summed E-state index contributed by atoms with van der Waals surface area (Å²) in [4.78, 5) is 26.8. The molecule has 1 atom stereocenters. The molecule has 138 valence electrons. The Bertz CT molecular complexity index is 621. The number of hydrogen-bond donors (Lipinski definition) is 2. The van der Waals surface area contributed by atoms with Gasteiger partial charge in [0.05, 0.1) is 28.0 Å². The van der Waals surface area contributed by atoms with Crippen molar-refractivity contribution in [3.63, 3.8) is 0 Å². The van der Waals surface area contributed by atoms with E-state index in [0.29, 0.717) is 29.9 Å². The molecule has 0 bridgehead atoms. The highest BCUT2D eigenvalue weighted by Gasteiger charge is 2.27. The number of benzene rings is 1. The molecule has 1 aliphatic rings. The van der Waals surface area contributed by atoms with Crippen molar-refractivity contribution in [1.82, 2.24) is 4.90 Å². The molecule has 1 saturated heterocycles. The van der Waals surface area contributed by atoms with Gasteiger partial charge in [0.2, 0.25) is 6.41 Å². The Morgan fingerprint density at radius 2 is 2.04 bits per heavy atom. The van der Waals surface area contributed by atoms with Crippen molar-refractivity contribution in [1.29, 1.82) is 0 Å². The van der Waals surface area contributed by atoms with Crippen LogP contribution in [0.25, 0.3) is 0 Å². The minimum Gasteiger partial charge on any atom is -0.386 e. The minimum atomic E-state index is 0.306. The van der Waals surface area contributed by atoms with Crippen LogP contribution in [0.15, 0.2) is 17.4 Å². The molecule has 1 aliphatic heterocycles. The van der Waals surface area contributed by atoms with Gasteiger partial charge in [-0.25, -0.2) is 5.01 Å². The number of amides is 1. The maximum Gasteiger partial charge on any atom is 0.211 e. The molecule has 0 spiro atoms. The third-order valence-corrected chi connectivity index (χ3v) is 4.77. The summed E-state index contributed by atoms with van der Waals surface area (Å²) in [5.41, 5.74) is 3.01. The Morgan fingerprint density at radius 1 is 1.32 bits per heavy atom. The number of rotatable bonds is 7. The van der Waals surface area contributed by atoms with Crippen molar-refractivity contribution in [3.05, 3.63) is 17.0 Å². The molecule has 25 heavy (non-hydrogen) atoms. The number of anilines is 4. The normalized spacial score (nSPS) is 18.2. The average Bonchev–Trinajstić information content (AvgIpc) is 2.61. The van der Waals surface area contributed by atoms with Gasteiger partial charge in [-0.1, -0.05) is 0 Å². The van der Waals surface area contributed by atoms with Crippen LogP contribution in [0.2, 0.25) is 0 Å². The van der Waals surface area contributed by atoms with Crippen molar-refractivity contribution < 1.29 is 4.79 Å². The quantitative estimate of drug-likeness (QED) is 0.447. The number of carbonyl (C=O) groups excluding carboxylic acids is 1. The number of carbonyl (C=O) groups is 1. The predicted octanol–water partition coefficient (Wildman–Crippen LogP) is 2.33. The van der Waals surface area contributed by atoms with Gasteiger partial charge in [-0.15, -0.1) is 4.91 Å². The fourth-order valence-corrected chi connectivity index (χ4v) is 3.32. The Morgan fingerprint density at radius 3 is 2.56 bits per heavy atom. The summed E-state index contributed by atoms with van der Waals surface area (Å²) in [5.74, 6) is 0. The van der Waals surface area contributed by atoms with Crippen LogP contribution in [0.1, 0.15) is 20.8 Å². The maximum absolute atomic E-state index is 11.1. The van der Waals surface area contributed by atoms with Crippen LogP contribution in [0.3, 0.4) is 0 Å². The third-order valence-electron chi connectivity index (χ3n) is 4.77. The van der Waals surface area contributed by atoms with E-state index in [-0.39, 0.29) is 0 Å². The highest BCUT2D eigenvalue weighted by atomic mass is 16.3. The van der Waals surface area contributed by atoms with Gasteiger partial charge < -0.3 is 15.5 Å². The van der Waals surface area contributed by atoms with E-state index in [1.807, 2.05) is 6.07 Å². The van der Waals surface area contributed by atoms with E-state index in [1.54, 1.807) is 20.2 Å². The summed E-state index contributed by atoms with van der Waals surface area (Å²) >= 11 is 0. The molecule has 0 aliphatic carbocycles. The summed E-state index contributed by atoms with van der Waals surface area (Å²) in [6.07, 6.45) is 0.658. The second-order valence-electron chi connectivity index (χ2n) is 6.64. The molecular weight excluding hydrogens is 320 g/mol. The predicted molar refractivity (Wildman–Crippen MR) is 103 cm³/mol. The van der Waals surface area contributed by atoms with Crippen LogP contribution < -0.4 is 20.5 Å². The van der Waals surface area contributed by atoms with Crippen LogP contribution in [-0.4, -0.2) is 57.1 Å². The van der Waals surface area contributed by atoms with Gasteiger partial charge in [-0.2, -0.15) is 0 Å². The van der Waals surface area contributed by atoms with E-state index in [0.717, 1.165) is 31.0 Å². The summed E-state index contributed by atoms with van der Waals surface area (Å²) in [6.45, 7) is 9.40. The first kappa shape index (κ1) is 19.0. The average molecular weight is 348 g/mol. The van der Waals surface area contributed by atoms with Crippen molar-refractivity contribution in [2.75, 3.05) is 54.3 Å². The summed E-state index contributed by atoms with van der Waals surface area (Å²) in [5, 5.41) is 10.1. The molecule has 0 radical (unpaired) electrons. The first-order chi connectivity index (χ1) is 11.9. The molecule has 1 aromatic rings. The Kier molecular flexibility index (Phi) is 6.19. The Balaban J connectivity index is 2.42. The first-order valence-electron chi connectivity index (χ1n) is 8.56. The van der Waals surface area contributed by atoms with Gasteiger partial charge >= 0.3 is 0 Å². The van der Waals surface area contributed by atoms with E-state index < -0.39 is 0 Å². The largest absolute Gasteiger partial charge is 0.386 e. The van der Waals surface area contributed by atoms with Gasteiger partial charge in [0.1, 0.15) is 0 Å². The van der Waals surface area contributed by atoms with Crippen molar-refractivity contribution in [2.45, 2.75) is 32.9 Å². The molecule has 1 amide bonds. The van der Waals surface area contributed by atoms with Crippen LogP contribution in [0.4, 0.5) is 22.7 Å². The van der Waals surface area contributed by atoms with Crippen LogP contribution in [0.5, 0.6) is 0 Å². The lowest BCUT2D eigenvalue weighted by molar-refractivity contribution is -0.105. The molecule has 1 unspecified atom stereocenters. The topological polar surface area (TPSA) is 80.3 Å². The zero-order valence-corrected chi connectivity index (χ0v) is 15.6. The highest BCUT2D eigenvalue weighted by molar-refractivity contribution is 5.89. The molecule has 1 heterocycles. The lowest BCUT2D eigenvalue weighted by atomic mass is 10.1. The Labute approximate surface area is 149 Å². The van der Waals surface area contributed by atoms with E-state index in [4.69, 9.17) is 0 Å². The second-order valence-corrected chi connectivity index (χ2v) is 6.64. The zero-order chi connectivity index (χ0) is 18.6. The van der Waals surface area contributed by atoms with Gasteiger partial charge in [-0.3, -0.25) is 9.69 Å². The van der Waals surface area contributed by atoms with Gasteiger partial charge in [-0.05, 0) is 32.9 Å². The van der Waals surface area contributed by atoms with Crippen molar-refractivity contribution in [3.8, 4) is 0 Å². The lowest BCUT2D eigenvalue weighted by Gasteiger charge is -2.43. The van der Waals surface area contributed by atoms with Crippen LogP contribution in [0, 0.1) is 4.91 Å². The van der Waals surface area contributed by atoms with Gasteiger partial charge in [0.25, 0.3) is 0 Å². The SMILES string of the molecule is CNc1cc(N2CCN(C(C)C)CC2C)c(NC=O)cc1N(C)N=O. The molecule has 8 heteroatoms. The van der Waals surface area contributed by atoms with E-state index in [1.165, 1.54) is 5.01 Å². The minimum absolute atomic E-state index is 0.306. The maximum atomic E-state index is 11.1. The van der Waals surface area contributed by atoms with Crippen molar-refractivity contribution in [2.24, 2.45) is 5.29 Å². The smallest absolute Gasteiger partial charge is 0.211 e. The fraction of sp³-hybridized carbons (Fsp3) is 0.588. The molecule has 1 aromatic carbocycles. The van der Waals surface area contributed by atoms with Gasteiger partial charge in [0, 0.05) is 45.8 Å². The summed E-state index contributed by atoms with van der Waals surface area (Å²) in [6, 6.07) is 4.56. The number of piperazine rings is 1. The Hall–Kier alpha value is -2.35. The number of nitrogens with one attached hydrogen (secondary N) is 2. The summed E-state index contributed by atoms with van der Waals surface area (Å²) < 4.78 is 0. The van der Waals surface area contributed by atoms with E-state index in [2.05, 4.69) is 46.5 Å². The van der Waals surface area contributed by atoms with Crippen LogP contribution >= 0.6 is 0 Å². The number of nitroso groups, excluding NO2 is 1. The zero-order valence-electron chi connectivity index (χ0n) is 15.6. The third kappa shape index (κ3) is 4.01. The van der Waals surface area contributed by atoms with Crippen molar-refractivity contribution >= 4 is 29.2 Å². The number of nitrogens with zero attached hydrogens (tertiary/aromatic N) is 4. The fourth-order valence-electron chi connectivity index (χ4n) is 3.32. The second kappa shape index (κ2) is 8.15. The molecule has 1 fully saturated rings. The van der Waals surface area contributed by atoms with Crippen LogP contribution in [-0.2, 0) is 4.79 Å². The molecule has 2 N–H and O–H groups in total. The standard InChI is InChI=1S/C17H28N6O2/c1-12(2)22-6-7-23(13(3)10-22)17-8-14(18-4)16(21(5)20-25)9-15(17)19-11-24/h8-9,11-13,18H,6-7,10H2,1-5H3,(H,19,24). The first-order valence-corrected chi connectivity index (χ1v) is 8.56. The molecule has 0 saturated carbocycles. The van der Waals surface area contributed by atoms with Gasteiger partial charge in [0.15, 0.2) is 0 Å². The molecule has 2 rings (SSSR count). The summed E-state index contributed by atoms with van der Waals surface area (Å²) in [7, 11) is 3.38. The molecular formula is C17H28N6O2. The molecule has 0 aromatic heterocycles. The highest BCUT2D eigenvalue weighted by Crippen LogP contribution is 2.38. The van der Waals surface area contributed by atoms with E-state index >= 15 is 0 Å². The monoisotopic (exact) mass is 348 g/mol. The number of hydrogen-bond acceptors (Lipinski definition) is 6. The molecule has 8 nitrogen and oxygen atoms in total.